The molecule has 3 aromatic carbocycles. The Kier molecular flexibility index (Phi) is 8.00. The van der Waals surface area contributed by atoms with E-state index in [1.807, 2.05) is 61.5 Å². The number of thioether (sulfide) groups is 1. The van der Waals surface area contributed by atoms with Crippen LogP contribution in [0.15, 0.2) is 76.5 Å². The van der Waals surface area contributed by atoms with Gasteiger partial charge in [-0.05, 0) is 67.3 Å². The molecule has 0 saturated carbocycles. The second-order valence-corrected chi connectivity index (χ2v) is 9.75. The van der Waals surface area contributed by atoms with Gasteiger partial charge in [0.1, 0.15) is 0 Å². The van der Waals surface area contributed by atoms with E-state index in [2.05, 4.69) is 17.4 Å². The van der Waals surface area contributed by atoms with E-state index in [1.165, 1.54) is 17.3 Å². The Morgan fingerprint density at radius 1 is 1.03 bits per heavy atom. The maximum atomic E-state index is 13.1. The zero-order valence-electron chi connectivity index (χ0n) is 20.9. The number of likely N-dealkylation sites (N-methyl/N-ethyl adjacent to an activating group) is 1. The number of fused-ring (bicyclic) bond motifs is 1. The van der Waals surface area contributed by atoms with Crippen LogP contribution in [0, 0.1) is 0 Å². The molecule has 0 saturated heterocycles. The maximum absolute atomic E-state index is 13.1. The first kappa shape index (κ1) is 25.4. The molecular weight excluding hydrogens is 472 g/mol. The van der Waals surface area contributed by atoms with Crippen molar-refractivity contribution in [3.8, 4) is 11.5 Å². The van der Waals surface area contributed by atoms with Gasteiger partial charge < -0.3 is 19.7 Å². The topological polar surface area (TPSA) is 67.9 Å². The summed E-state index contributed by atoms with van der Waals surface area (Å²) in [4.78, 5) is 29.1. The molecule has 0 radical (unpaired) electrons. The minimum Gasteiger partial charge on any atom is -0.493 e. The van der Waals surface area contributed by atoms with Crippen LogP contribution in [0.3, 0.4) is 0 Å². The van der Waals surface area contributed by atoms with Crippen molar-refractivity contribution >= 4 is 35.3 Å². The molecule has 6 nitrogen and oxygen atoms in total. The summed E-state index contributed by atoms with van der Waals surface area (Å²) < 4.78 is 10.7. The predicted molar refractivity (Wildman–Crippen MR) is 145 cm³/mol. The van der Waals surface area contributed by atoms with Crippen LogP contribution in [0.2, 0.25) is 0 Å². The number of carbonyl (C=O) groups is 2. The Hall–Kier alpha value is -3.71. The summed E-state index contributed by atoms with van der Waals surface area (Å²) in [6.45, 7) is 2.01. The molecule has 0 bridgehead atoms. The van der Waals surface area contributed by atoms with Gasteiger partial charge in [0.25, 0.3) is 11.8 Å². The highest BCUT2D eigenvalue weighted by atomic mass is 32.2. The van der Waals surface area contributed by atoms with Gasteiger partial charge in [0.2, 0.25) is 0 Å². The lowest BCUT2D eigenvalue weighted by Crippen LogP contribution is -2.34. The van der Waals surface area contributed by atoms with Crippen LogP contribution in [-0.4, -0.2) is 39.1 Å². The van der Waals surface area contributed by atoms with Crippen LogP contribution in [0.4, 0.5) is 5.69 Å². The van der Waals surface area contributed by atoms with E-state index in [1.54, 1.807) is 32.2 Å². The fourth-order valence-electron chi connectivity index (χ4n) is 4.04. The standard InChI is InChI=1S/C29H30N2O4S/c1-19(10-11-20-8-6-5-7-9-20)30-28(32)22-13-15-26-23(18-22)31(2)29(33)27(36-26)17-21-12-14-24(34-3)25(16-21)35-4/h5-9,12-19H,10-11H2,1-4H3,(H,30,32). The molecule has 186 valence electrons. The van der Waals surface area contributed by atoms with Crippen LogP contribution >= 0.6 is 11.8 Å². The van der Waals surface area contributed by atoms with Crippen molar-refractivity contribution in [2.75, 3.05) is 26.2 Å². The molecule has 0 aliphatic carbocycles. The number of aryl methyl sites for hydroxylation is 1. The first-order valence-electron chi connectivity index (χ1n) is 11.8. The third-order valence-electron chi connectivity index (χ3n) is 6.11. The first-order valence-corrected chi connectivity index (χ1v) is 12.6. The maximum Gasteiger partial charge on any atom is 0.264 e. The number of nitrogens with zero attached hydrogens (tertiary/aromatic N) is 1. The summed E-state index contributed by atoms with van der Waals surface area (Å²) in [5, 5.41) is 3.08. The lowest BCUT2D eigenvalue weighted by atomic mass is 10.1. The number of rotatable bonds is 8. The van der Waals surface area contributed by atoms with Gasteiger partial charge in [-0.3, -0.25) is 9.59 Å². The summed E-state index contributed by atoms with van der Waals surface area (Å²) in [6.07, 6.45) is 3.58. The number of amides is 2. The Balaban J connectivity index is 1.47. The summed E-state index contributed by atoms with van der Waals surface area (Å²) in [6, 6.07) is 21.3. The third-order valence-corrected chi connectivity index (χ3v) is 7.19. The number of methoxy groups -OCH3 is 2. The molecular formula is C29H30N2O4S. The molecule has 1 aliphatic rings. The Morgan fingerprint density at radius 3 is 2.50 bits per heavy atom. The third kappa shape index (κ3) is 5.74. The molecule has 36 heavy (non-hydrogen) atoms. The van der Waals surface area contributed by atoms with Crippen molar-refractivity contribution in [3.63, 3.8) is 0 Å². The normalized spacial score (nSPS) is 14.8. The number of hydrogen-bond donors (Lipinski definition) is 1. The fourth-order valence-corrected chi connectivity index (χ4v) is 5.13. The predicted octanol–water partition coefficient (Wildman–Crippen LogP) is 5.56. The molecule has 2 amide bonds. The van der Waals surface area contributed by atoms with Gasteiger partial charge in [0, 0.05) is 23.5 Å². The molecule has 7 heteroatoms. The molecule has 0 fully saturated rings. The molecule has 1 N–H and O–H groups in total. The molecule has 4 rings (SSSR count). The lowest BCUT2D eigenvalue weighted by Gasteiger charge is -2.27. The SMILES string of the molecule is COc1ccc(C=C2Sc3ccc(C(=O)NC(C)CCc4ccccc4)cc3N(C)C2=O)cc1OC. The van der Waals surface area contributed by atoms with E-state index in [-0.39, 0.29) is 17.9 Å². The van der Waals surface area contributed by atoms with E-state index in [4.69, 9.17) is 9.47 Å². The average Bonchev–Trinajstić information content (AvgIpc) is 2.90. The van der Waals surface area contributed by atoms with Crippen molar-refractivity contribution in [1.82, 2.24) is 5.32 Å². The highest BCUT2D eigenvalue weighted by Crippen LogP contribution is 2.42. The van der Waals surface area contributed by atoms with Crippen LogP contribution in [-0.2, 0) is 11.2 Å². The van der Waals surface area contributed by atoms with Gasteiger partial charge in [-0.2, -0.15) is 0 Å². The van der Waals surface area contributed by atoms with Crippen molar-refractivity contribution in [2.24, 2.45) is 0 Å². The molecule has 3 aromatic rings. The highest BCUT2D eigenvalue weighted by molar-refractivity contribution is 8.04. The van der Waals surface area contributed by atoms with Gasteiger partial charge in [-0.1, -0.05) is 48.2 Å². The number of carbonyl (C=O) groups excluding carboxylic acids is 2. The minimum absolute atomic E-state index is 0.0264. The Morgan fingerprint density at radius 2 is 1.78 bits per heavy atom. The molecule has 0 spiro atoms. The highest BCUT2D eigenvalue weighted by Gasteiger charge is 2.27. The molecule has 1 heterocycles. The van der Waals surface area contributed by atoms with Crippen LogP contribution in [0.5, 0.6) is 11.5 Å². The van der Waals surface area contributed by atoms with E-state index >= 15 is 0 Å². The Bertz CT molecular complexity index is 1290. The van der Waals surface area contributed by atoms with Crippen molar-refractivity contribution in [3.05, 3.63) is 88.3 Å². The monoisotopic (exact) mass is 502 g/mol. The van der Waals surface area contributed by atoms with E-state index in [0.717, 1.165) is 29.0 Å². The van der Waals surface area contributed by atoms with Gasteiger partial charge in [-0.15, -0.1) is 0 Å². The Labute approximate surface area is 216 Å². The molecule has 0 aromatic heterocycles. The average molecular weight is 503 g/mol. The van der Waals surface area contributed by atoms with Crippen molar-refractivity contribution in [2.45, 2.75) is 30.7 Å². The zero-order chi connectivity index (χ0) is 25.7. The number of benzene rings is 3. The van der Waals surface area contributed by atoms with Crippen LogP contribution in [0.1, 0.15) is 34.8 Å². The summed E-state index contributed by atoms with van der Waals surface area (Å²) in [7, 11) is 4.90. The zero-order valence-corrected chi connectivity index (χ0v) is 21.7. The number of hydrogen-bond acceptors (Lipinski definition) is 5. The summed E-state index contributed by atoms with van der Waals surface area (Å²) >= 11 is 1.39. The first-order chi connectivity index (χ1) is 17.4. The van der Waals surface area contributed by atoms with E-state index < -0.39 is 0 Å². The van der Waals surface area contributed by atoms with Gasteiger partial charge >= 0.3 is 0 Å². The largest absolute Gasteiger partial charge is 0.493 e. The van der Waals surface area contributed by atoms with Crippen molar-refractivity contribution in [1.29, 1.82) is 0 Å². The molecule has 1 unspecified atom stereocenters. The van der Waals surface area contributed by atoms with Gasteiger partial charge in [-0.25, -0.2) is 0 Å². The minimum atomic E-state index is -0.143. The number of nitrogens with one attached hydrogen (secondary N) is 1. The summed E-state index contributed by atoms with van der Waals surface area (Å²) in [5.41, 5.74) is 3.34. The number of anilines is 1. The van der Waals surface area contributed by atoms with E-state index in [0.29, 0.717) is 22.0 Å². The lowest BCUT2D eigenvalue weighted by molar-refractivity contribution is -0.114. The molecule has 1 aliphatic heterocycles. The van der Waals surface area contributed by atoms with Crippen molar-refractivity contribution < 1.29 is 19.1 Å². The van der Waals surface area contributed by atoms with E-state index in [9.17, 15) is 9.59 Å². The second-order valence-electron chi connectivity index (χ2n) is 8.67. The second kappa shape index (κ2) is 11.4. The molecule has 1 atom stereocenters. The summed E-state index contributed by atoms with van der Waals surface area (Å²) in [5.74, 6) is 0.958. The fraction of sp³-hybridized carbons (Fsp3) is 0.241. The smallest absolute Gasteiger partial charge is 0.264 e. The van der Waals surface area contributed by atoms with Crippen LogP contribution < -0.4 is 19.7 Å². The quantitative estimate of drug-likeness (QED) is 0.408. The van der Waals surface area contributed by atoms with Gasteiger partial charge in [0.05, 0.1) is 24.8 Å². The van der Waals surface area contributed by atoms with Gasteiger partial charge in [0.15, 0.2) is 11.5 Å². The number of ether oxygens (including phenoxy) is 2. The van der Waals surface area contributed by atoms with Crippen LogP contribution in [0.25, 0.3) is 6.08 Å².